The molecule has 0 saturated carbocycles. The van der Waals surface area contributed by atoms with Gasteiger partial charge in [0.25, 0.3) is 5.89 Å². The van der Waals surface area contributed by atoms with E-state index in [2.05, 4.69) is 16.2 Å². The second-order valence-corrected chi connectivity index (χ2v) is 6.58. The number of nitrogens with zero attached hydrogens (tertiary/aromatic N) is 6. The topological polar surface area (TPSA) is 110 Å². The van der Waals surface area contributed by atoms with E-state index in [1.807, 2.05) is 13.0 Å². The molecular formula is C18H16N6O2. The second-order valence-electron chi connectivity index (χ2n) is 6.58. The maximum Gasteiger partial charge on any atom is 0.310 e. The van der Waals surface area contributed by atoms with Gasteiger partial charge in [0.1, 0.15) is 11.8 Å². The van der Waals surface area contributed by atoms with E-state index >= 15 is 0 Å². The molecule has 8 nitrogen and oxygen atoms in total. The first-order valence-corrected chi connectivity index (χ1v) is 8.42. The number of aromatic nitrogens is 2. The molecule has 0 unspecified atom stereocenters. The molecule has 1 amide bonds. The second kappa shape index (κ2) is 6.16. The molecule has 4 heterocycles. The maximum absolute atomic E-state index is 12.9. The lowest BCUT2D eigenvalue weighted by Gasteiger charge is -2.22. The Balaban J connectivity index is 1.56. The van der Waals surface area contributed by atoms with Gasteiger partial charge < -0.3 is 14.2 Å². The summed E-state index contributed by atoms with van der Waals surface area (Å²) in [4.78, 5) is 24.4. The Kier molecular flexibility index (Phi) is 3.81. The minimum atomic E-state index is -0.259. The molecule has 4 rings (SSSR count). The molecule has 2 aromatic heterocycles. The van der Waals surface area contributed by atoms with Gasteiger partial charge in [0.2, 0.25) is 0 Å². The highest BCUT2D eigenvalue weighted by atomic mass is 16.4. The molecule has 2 aromatic rings. The third kappa shape index (κ3) is 2.47. The predicted molar refractivity (Wildman–Crippen MR) is 89.2 cm³/mol. The Labute approximate surface area is 150 Å². The summed E-state index contributed by atoms with van der Waals surface area (Å²) in [6.45, 7) is 3.22. The van der Waals surface area contributed by atoms with E-state index in [0.717, 1.165) is 6.42 Å². The van der Waals surface area contributed by atoms with E-state index in [0.29, 0.717) is 30.3 Å². The van der Waals surface area contributed by atoms with Crippen LogP contribution in [0.1, 0.15) is 29.7 Å². The van der Waals surface area contributed by atoms with Crippen molar-refractivity contribution < 1.29 is 9.21 Å². The van der Waals surface area contributed by atoms with Crippen molar-refractivity contribution >= 4 is 5.91 Å². The van der Waals surface area contributed by atoms with Gasteiger partial charge in [0.05, 0.1) is 12.2 Å². The minimum absolute atomic E-state index is 0.0126. The highest BCUT2D eigenvalue weighted by Crippen LogP contribution is 2.36. The van der Waals surface area contributed by atoms with Gasteiger partial charge in [-0.25, -0.2) is 9.97 Å². The van der Waals surface area contributed by atoms with Gasteiger partial charge in [-0.3, -0.25) is 4.79 Å². The van der Waals surface area contributed by atoms with Crippen LogP contribution in [0, 0.1) is 28.7 Å². The molecule has 0 bridgehead atoms. The molecule has 2 fully saturated rings. The third-order valence-corrected chi connectivity index (χ3v) is 5.33. The number of rotatable bonds is 2. The molecule has 2 saturated heterocycles. The summed E-state index contributed by atoms with van der Waals surface area (Å²) in [5, 5.41) is 18.2. The fourth-order valence-electron chi connectivity index (χ4n) is 3.93. The van der Waals surface area contributed by atoms with Crippen LogP contribution in [0.25, 0.3) is 11.3 Å². The average molecular weight is 348 g/mol. The summed E-state index contributed by atoms with van der Waals surface area (Å²) in [5.41, 5.74) is 0.915. The van der Waals surface area contributed by atoms with Crippen LogP contribution < -0.4 is 0 Å². The number of amides is 1. The van der Waals surface area contributed by atoms with Crippen LogP contribution in [0.3, 0.4) is 0 Å². The van der Waals surface area contributed by atoms with Crippen molar-refractivity contribution in [3.05, 3.63) is 36.1 Å². The standard InChI is InChI=1S/C18H16N6O2/c1-11-14-3-5-24(15(14)9-23(11)10-20)18(25)17-22-8-16(26-17)12-2-4-21-13(6-12)7-19/h2,4,6,8,11,14-15H,3,5,9H2,1H3/t11-,14+,15+/m0/s1. The number of carbonyl (C=O) groups excluding carboxylic acids is 1. The van der Waals surface area contributed by atoms with Crippen LogP contribution >= 0.6 is 0 Å². The summed E-state index contributed by atoms with van der Waals surface area (Å²) < 4.78 is 5.65. The Morgan fingerprint density at radius 1 is 1.38 bits per heavy atom. The molecule has 2 aliphatic rings. The van der Waals surface area contributed by atoms with Crippen molar-refractivity contribution in [2.45, 2.75) is 25.4 Å². The zero-order valence-electron chi connectivity index (χ0n) is 14.2. The van der Waals surface area contributed by atoms with E-state index in [1.54, 1.807) is 21.9 Å². The molecule has 0 N–H and O–H groups in total. The summed E-state index contributed by atoms with van der Waals surface area (Å²) >= 11 is 0. The molecule has 0 aromatic carbocycles. The van der Waals surface area contributed by atoms with E-state index in [9.17, 15) is 10.1 Å². The molecule has 0 spiro atoms. The van der Waals surface area contributed by atoms with Gasteiger partial charge in [0.15, 0.2) is 12.0 Å². The SMILES string of the molecule is C[C@H]1[C@H]2CCN(C(=O)c3ncc(-c4ccnc(C#N)c4)o3)[C@@H]2CN1C#N. The van der Waals surface area contributed by atoms with E-state index in [-0.39, 0.29) is 29.6 Å². The van der Waals surface area contributed by atoms with Crippen LogP contribution in [0.4, 0.5) is 0 Å². The van der Waals surface area contributed by atoms with Crippen molar-refractivity contribution in [2.24, 2.45) is 5.92 Å². The van der Waals surface area contributed by atoms with Gasteiger partial charge in [-0.2, -0.15) is 10.5 Å². The number of carbonyl (C=O) groups is 1. The van der Waals surface area contributed by atoms with E-state index in [1.165, 1.54) is 12.4 Å². The predicted octanol–water partition coefficient (Wildman–Crippen LogP) is 1.62. The van der Waals surface area contributed by atoms with Crippen LogP contribution in [0.5, 0.6) is 0 Å². The van der Waals surface area contributed by atoms with Gasteiger partial charge in [-0.05, 0) is 25.5 Å². The highest BCUT2D eigenvalue weighted by Gasteiger charge is 2.48. The zero-order valence-corrected chi connectivity index (χ0v) is 14.2. The Morgan fingerprint density at radius 2 is 2.23 bits per heavy atom. The lowest BCUT2D eigenvalue weighted by Crippen LogP contribution is -2.39. The van der Waals surface area contributed by atoms with Crippen molar-refractivity contribution in [2.75, 3.05) is 13.1 Å². The third-order valence-electron chi connectivity index (χ3n) is 5.33. The Hall–Kier alpha value is -3.39. The van der Waals surface area contributed by atoms with Gasteiger partial charge in [0, 0.05) is 36.8 Å². The first-order valence-electron chi connectivity index (χ1n) is 8.42. The minimum Gasteiger partial charge on any atom is -0.432 e. The van der Waals surface area contributed by atoms with Crippen molar-refractivity contribution in [3.8, 4) is 23.6 Å². The van der Waals surface area contributed by atoms with Gasteiger partial charge in [-0.15, -0.1) is 0 Å². The van der Waals surface area contributed by atoms with Crippen LogP contribution in [-0.2, 0) is 0 Å². The smallest absolute Gasteiger partial charge is 0.310 e. The van der Waals surface area contributed by atoms with Crippen LogP contribution in [-0.4, -0.2) is 50.8 Å². The molecule has 8 heteroatoms. The van der Waals surface area contributed by atoms with Gasteiger partial charge in [-0.1, -0.05) is 0 Å². The molecule has 0 radical (unpaired) electrons. The number of nitriles is 2. The molecule has 2 aliphatic heterocycles. The summed E-state index contributed by atoms with van der Waals surface area (Å²) in [6, 6.07) is 5.41. The van der Waals surface area contributed by atoms with E-state index in [4.69, 9.17) is 9.68 Å². The number of fused-ring (bicyclic) bond motifs is 1. The monoisotopic (exact) mass is 348 g/mol. The number of likely N-dealkylation sites (tertiary alicyclic amines) is 2. The fraction of sp³-hybridized carbons (Fsp3) is 0.389. The summed E-state index contributed by atoms with van der Waals surface area (Å²) in [7, 11) is 0. The zero-order chi connectivity index (χ0) is 18.3. The van der Waals surface area contributed by atoms with Crippen LogP contribution in [0.2, 0.25) is 0 Å². The lowest BCUT2D eigenvalue weighted by atomic mass is 9.98. The molecule has 130 valence electrons. The number of oxazole rings is 1. The lowest BCUT2D eigenvalue weighted by molar-refractivity contribution is 0.0692. The first-order chi connectivity index (χ1) is 12.6. The first kappa shape index (κ1) is 16.1. The number of hydrogen-bond acceptors (Lipinski definition) is 7. The average Bonchev–Trinajstić information content (AvgIpc) is 3.38. The van der Waals surface area contributed by atoms with Gasteiger partial charge >= 0.3 is 5.91 Å². The highest BCUT2D eigenvalue weighted by molar-refractivity contribution is 5.90. The molecular weight excluding hydrogens is 332 g/mol. The molecule has 26 heavy (non-hydrogen) atoms. The maximum atomic E-state index is 12.9. The van der Waals surface area contributed by atoms with E-state index < -0.39 is 0 Å². The molecule has 0 aliphatic carbocycles. The molecule has 3 atom stereocenters. The summed E-state index contributed by atoms with van der Waals surface area (Å²) in [6.07, 6.45) is 6.07. The summed E-state index contributed by atoms with van der Waals surface area (Å²) in [5.74, 6) is 0.484. The number of pyridine rings is 1. The van der Waals surface area contributed by atoms with Crippen molar-refractivity contribution in [3.63, 3.8) is 0 Å². The Morgan fingerprint density at radius 3 is 3.00 bits per heavy atom. The van der Waals surface area contributed by atoms with Crippen LogP contribution in [0.15, 0.2) is 28.9 Å². The quantitative estimate of drug-likeness (QED) is 0.758. The normalized spacial score (nSPS) is 24.2. The number of hydrogen-bond donors (Lipinski definition) is 0. The Bertz CT molecular complexity index is 940. The van der Waals surface area contributed by atoms with Crippen molar-refractivity contribution in [1.82, 2.24) is 19.8 Å². The largest absolute Gasteiger partial charge is 0.432 e. The fourth-order valence-corrected chi connectivity index (χ4v) is 3.93. The van der Waals surface area contributed by atoms with Crippen molar-refractivity contribution in [1.29, 1.82) is 10.5 Å².